The molecule has 1 aliphatic carbocycles. The summed E-state index contributed by atoms with van der Waals surface area (Å²) in [6.07, 6.45) is 6.44. The molecule has 1 amide bonds. The molecular formula is C19H23N3O5S. The van der Waals surface area contributed by atoms with Gasteiger partial charge in [-0.3, -0.25) is 9.52 Å². The molecule has 0 saturated heterocycles. The van der Waals surface area contributed by atoms with Gasteiger partial charge in [0, 0.05) is 23.5 Å². The van der Waals surface area contributed by atoms with E-state index in [0.717, 1.165) is 32.1 Å². The van der Waals surface area contributed by atoms with Gasteiger partial charge < -0.3 is 15.5 Å². The van der Waals surface area contributed by atoms with E-state index in [2.05, 4.69) is 15.0 Å². The number of carbonyl (C=O) groups excluding carboxylic acids is 1. The van der Waals surface area contributed by atoms with E-state index in [0.29, 0.717) is 0 Å². The average molecular weight is 405 g/mol. The summed E-state index contributed by atoms with van der Waals surface area (Å²) in [5.74, 6) is -0.866. The quantitative estimate of drug-likeness (QED) is 0.432. The number of hydrogen-bond donors (Lipinski definition) is 4. The summed E-state index contributed by atoms with van der Waals surface area (Å²) in [7, 11) is -3.55. The molecule has 2 aromatic rings. The van der Waals surface area contributed by atoms with Crippen molar-refractivity contribution in [1.29, 1.82) is 0 Å². The summed E-state index contributed by atoms with van der Waals surface area (Å²) in [4.78, 5) is 16.4. The molecule has 4 N–H and O–H groups in total. The molecule has 28 heavy (non-hydrogen) atoms. The van der Waals surface area contributed by atoms with Crippen LogP contribution in [-0.4, -0.2) is 35.3 Å². The van der Waals surface area contributed by atoms with Crippen molar-refractivity contribution in [2.75, 3.05) is 15.8 Å². The number of phenolic OH excluding ortho intramolecular Hbond substituents is 2. The number of pyridine rings is 1. The summed E-state index contributed by atoms with van der Waals surface area (Å²) in [5, 5.41) is 21.4. The second-order valence-electron chi connectivity index (χ2n) is 6.97. The van der Waals surface area contributed by atoms with Crippen molar-refractivity contribution in [2.45, 2.75) is 32.1 Å². The minimum absolute atomic E-state index is 0.0535. The number of anilines is 2. The highest BCUT2D eigenvalue weighted by atomic mass is 32.2. The minimum atomic E-state index is -3.55. The third kappa shape index (κ3) is 5.35. The topological polar surface area (TPSA) is 129 Å². The average Bonchev–Trinajstić information content (AvgIpc) is 2.65. The molecule has 1 heterocycles. The molecule has 1 saturated carbocycles. The Morgan fingerprint density at radius 2 is 1.82 bits per heavy atom. The summed E-state index contributed by atoms with van der Waals surface area (Å²) < 4.78 is 27.3. The molecular weight excluding hydrogens is 382 g/mol. The van der Waals surface area contributed by atoms with Crippen LogP contribution in [0.1, 0.15) is 42.5 Å². The zero-order chi connectivity index (χ0) is 20.1. The van der Waals surface area contributed by atoms with Gasteiger partial charge in [0.2, 0.25) is 10.0 Å². The Labute approximate surface area is 163 Å². The highest BCUT2D eigenvalue weighted by Gasteiger charge is 2.22. The van der Waals surface area contributed by atoms with E-state index in [1.807, 2.05) is 0 Å². The lowest BCUT2D eigenvalue weighted by molar-refractivity contribution is 0.102. The zero-order valence-corrected chi connectivity index (χ0v) is 16.1. The van der Waals surface area contributed by atoms with Gasteiger partial charge >= 0.3 is 0 Å². The number of phenols is 2. The van der Waals surface area contributed by atoms with Crippen LogP contribution >= 0.6 is 0 Å². The van der Waals surface area contributed by atoms with Gasteiger partial charge in [-0.15, -0.1) is 0 Å². The van der Waals surface area contributed by atoms with Crippen LogP contribution in [0.5, 0.6) is 11.5 Å². The number of benzene rings is 1. The third-order valence-electron chi connectivity index (χ3n) is 4.70. The number of carbonyl (C=O) groups is 1. The molecule has 0 bridgehead atoms. The Balaban J connectivity index is 1.67. The summed E-state index contributed by atoms with van der Waals surface area (Å²) in [6, 6.07) is 6.70. The van der Waals surface area contributed by atoms with Gasteiger partial charge in [-0.25, -0.2) is 13.4 Å². The molecule has 0 radical (unpaired) electrons. The van der Waals surface area contributed by atoms with E-state index in [-0.39, 0.29) is 40.2 Å². The van der Waals surface area contributed by atoms with Gasteiger partial charge in [-0.2, -0.15) is 0 Å². The largest absolute Gasteiger partial charge is 0.504 e. The van der Waals surface area contributed by atoms with Crippen molar-refractivity contribution in [3.8, 4) is 11.5 Å². The van der Waals surface area contributed by atoms with Crippen LogP contribution in [0.2, 0.25) is 0 Å². The van der Waals surface area contributed by atoms with E-state index in [1.165, 1.54) is 36.5 Å². The van der Waals surface area contributed by atoms with Crippen LogP contribution < -0.4 is 10.0 Å². The Morgan fingerprint density at radius 1 is 1.07 bits per heavy atom. The van der Waals surface area contributed by atoms with Gasteiger partial charge in [0.15, 0.2) is 11.5 Å². The predicted molar refractivity (Wildman–Crippen MR) is 106 cm³/mol. The van der Waals surface area contributed by atoms with E-state index < -0.39 is 15.9 Å². The van der Waals surface area contributed by atoms with Crippen LogP contribution in [0.25, 0.3) is 0 Å². The molecule has 0 spiro atoms. The SMILES string of the molecule is O=C(Nc1ccc(O)c(O)c1)c1ccnc(NS(=O)(=O)CC2CCCCC2)c1. The number of aromatic hydroxyl groups is 2. The molecule has 0 atom stereocenters. The van der Waals surface area contributed by atoms with Crippen LogP contribution in [0, 0.1) is 5.92 Å². The van der Waals surface area contributed by atoms with E-state index in [4.69, 9.17) is 0 Å². The normalized spacial score (nSPS) is 15.1. The van der Waals surface area contributed by atoms with Gasteiger partial charge in [0.05, 0.1) is 5.75 Å². The lowest BCUT2D eigenvalue weighted by atomic mass is 9.91. The number of hydrogen-bond acceptors (Lipinski definition) is 6. The van der Waals surface area contributed by atoms with Gasteiger partial charge in [0.25, 0.3) is 5.91 Å². The second kappa shape index (κ2) is 8.47. The second-order valence-corrected chi connectivity index (χ2v) is 8.74. The fourth-order valence-corrected chi connectivity index (χ4v) is 4.76. The maximum atomic E-state index is 12.4. The first-order valence-electron chi connectivity index (χ1n) is 9.12. The van der Waals surface area contributed by atoms with E-state index in [9.17, 15) is 23.4 Å². The summed E-state index contributed by atoms with van der Waals surface area (Å²) in [5.41, 5.74) is 0.495. The Morgan fingerprint density at radius 3 is 2.54 bits per heavy atom. The van der Waals surface area contributed by atoms with Crippen molar-refractivity contribution in [3.63, 3.8) is 0 Å². The molecule has 8 nitrogen and oxygen atoms in total. The van der Waals surface area contributed by atoms with Crippen LogP contribution in [-0.2, 0) is 10.0 Å². The van der Waals surface area contributed by atoms with E-state index >= 15 is 0 Å². The molecule has 9 heteroatoms. The lowest BCUT2D eigenvalue weighted by Gasteiger charge is -2.21. The lowest BCUT2D eigenvalue weighted by Crippen LogP contribution is -2.24. The maximum Gasteiger partial charge on any atom is 0.255 e. The molecule has 0 aliphatic heterocycles. The third-order valence-corrected chi connectivity index (χ3v) is 6.13. The van der Waals surface area contributed by atoms with Crippen molar-refractivity contribution in [2.24, 2.45) is 5.92 Å². The van der Waals surface area contributed by atoms with Crippen LogP contribution in [0.4, 0.5) is 11.5 Å². The van der Waals surface area contributed by atoms with Gasteiger partial charge in [0.1, 0.15) is 5.82 Å². The van der Waals surface area contributed by atoms with Gasteiger partial charge in [-0.1, -0.05) is 19.3 Å². The first-order valence-corrected chi connectivity index (χ1v) is 10.8. The van der Waals surface area contributed by atoms with Gasteiger partial charge in [-0.05, 0) is 43.0 Å². The number of nitrogens with zero attached hydrogens (tertiary/aromatic N) is 1. The predicted octanol–water partition coefficient (Wildman–Crippen LogP) is 3.07. The van der Waals surface area contributed by atoms with Crippen molar-refractivity contribution in [1.82, 2.24) is 4.98 Å². The molecule has 1 fully saturated rings. The fourth-order valence-electron chi connectivity index (χ4n) is 3.30. The highest BCUT2D eigenvalue weighted by molar-refractivity contribution is 7.92. The van der Waals surface area contributed by atoms with E-state index in [1.54, 1.807) is 0 Å². The maximum absolute atomic E-state index is 12.4. The van der Waals surface area contributed by atoms with Crippen molar-refractivity contribution in [3.05, 3.63) is 42.1 Å². The number of aromatic nitrogens is 1. The molecule has 1 aliphatic rings. The number of sulfonamides is 1. The monoisotopic (exact) mass is 405 g/mol. The fraction of sp³-hybridized carbons (Fsp3) is 0.368. The zero-order valence-electron chi connectivity index (χ0n) is 15.3. The number of amides is 1. The smallest absolute Gasteiger partial charge is 0.255 e. The molecule has 3 rings (SSSR count). The first kappa shape index (κ1) is 19.9. The molecule has 0 unspecified atom stereocenters. The molecule has 1 aromatic heterocycles. The minimum Gasteiger partial charge on any atom is -0.504 e. The summed E-state index contributed by atoms with van der Waals surface area (Å²) in [6.45, 7) is 0. The van der Waals surface area contributed by atoms with Crippen LogP contribution in [0.3, 0.4) is 0 Å². The Hall–Kier alpha value is -2.81. The summed E-state index contributed by atoms with van der Waals surface area (Å²) >= 11 is 0. The number of rotatable bonds is 6. The standard InChI is InChI=1S/C19H23N3O5S/c23-16-7-6-15(11-17(16)24)21-19(25)14-8-9-20-18(10-14)22-28(26,27)12-13-4-2-1-3-5-13/h6-11,13,23-24H,1-5,12H2,(H,20,22)(H,21,25). The van der Waals surface area contributed by atoms with Crippen molar-refractivity contribution >= 4 is 27.4 Å². The Kier molecular flexibility index (Phi) is 6.03. The molecule has 1 aromatic carbocycles. The first-order chi connectivity index (χ1) is 13.3. The van der Waals surface area contributed by atoms with Crippen molar-refractivity contribution < 1.29 is 23.4 Å². The number of nitrogens with one attached hydrogen (secondary N) is 2. The highest BCUT2D eigenvalue weighted by Crippen LogP contribution is 2.28. The Bertz CT molecular complexity index is 956. The van der Waals surface area contributed by atoms with Crippen LogP contribution in [0.15, 0.2) is 36.5 Å². The molecule has 150 valence electrons.